The number of hydrogen-bond donors (Lipinski definition) is 1. The summed E-state index contributed by atoms with van der Waals surface area (Å²) >= 11 is 0. The Labute approximate surface area is 122 Å². The number of nitrogens with one attached hydrogen (secondary N) is 1. The van der Waals surface area contributed by atoms with Crippen LogP contribution in [0.4, 0.5) is 0 Å². The molecule has 0 amide bonds. The summed E-state index contributed by atoms with van der Waals surface area (Å²) in [7, 11) is 0. The quantitative estimate of drug-likeness (QED) is 0.793. The third kappa shape index (κ3) is 3.04. The summed E-state index contributed by atoms with van der Waals surface area (Å²) in [6.07, 6.45) is 5.29. The molecule has 1 aliphatic carbocycles. The second-order valence-electron chi connectivity index (χ2n) is 5.78. The molecule has 0 spiro atoms. The topological polar surface area (TPSA) is 53.6 Å². The summed E-state index contributed by atoms with van der Waals surface area (Å²) in [5, 5.41) is 17.9. The SMILES string of the molecule is CCCNC(C#N)(Cn1nc(CC)cc1CC)C1CC1. The normalized spacial score (nSPS) is 17.7. The third-order valence-electron chi connectivity index (χ3n) is 4.20. The van der Waals surface area contributed by atoms with E-state index in [9.17, 15) is 5.26 Å². The third-order valence-corrected chi connectivity index (χ3v) is 4.20. The Hall–Kier alpha value is -1.34. The van der Waals surface area contributed by atoms with Crippen molar-refractivity contribution in [3.63, 3.8) is 0 Å². The molecule has 0 radical (unpaired) electrons. The van der Waals surface area contributed by atoms with Crippen LogP contribution >= 0.6 is 0 Å². The molecule has 2 rings (SSSR count). The fourth-order valence-electron chi connectivity index (χ4n) is 2.77. The van der Waals surface area contributed by atoms with Gasteiger partial charge in [-0.2, -0.15) is 10.4 Å². The molecule has 1 aliphatic rings. The van der Waals surface area contributed by atoms with E-state index in [1.807, 2.05) is 0 Å². The van der Waals surface area contributed by atoms with E-state index in [-0.39, 0.29) is 0 Å². The van der Waals surface area contributed by atoms with Crippen molar-refractivity contribution in [1.82, 2.24) is 15.1 Å². The van der Waals surface area contributed by atoms with Gasteiger partial charge in [-0.25, -0.2) is 0 Å². The van der Waals surface area contributed by atoms with Gasteiger partial charge < -0.3 is 0 Å². The predicted molar refractivity (Wildman–Crippen MR) is 80.3 cm³/mol. The fraction of sp³-hybridized carbons (Fsp3) is 0.750. The van der Waals surface area contributed by atoms with Gasteiger partial charge in [-0.15, -0.1) is 0 Å². The van der Waals surface area contributed by atoms with Gasteiger partial charge in [0.15, 0.2) is 0 Å². The van der Waals surface area contributed by atoms with Crippen LogP contribution in [-0.4, -0.2) is 21.9 Å². The van der Waals surface area contributed by atoms with E-state index in [1.165, 1.54) is 5.69 Å². The number of nitriles is 1. The smallest absolute Gasteiger partial charge is 0.129 e. The summed E-state index contributed by atoms with van der Waals surface area (Å²) in [4.78, 5) is 0. The highest BCUT2D eigenvalue weighted by molar-refractivity contribution is 5.18. The van der Waals surface area contributed by atoms with Gasteiger partial charge in [0.25, 0.3) is 0 Å². The molecular weight excluding hydrogens is 248 g/mol. The maximum Gasteiger partial charge on any atom is 0.129 e. The Morgan fingerprint density at radius 3 is 2.65 bits per heavy atom. The first-order valence-corrected chi connectivity index (χ1v) is 7.91. The molecule has 1 N–H and O–H groups in total. The number of rotatable bonds is 8. The molecule has 4 heteroatoms. The van der Waals surface area contributed by atoms with Gasteiger partial charge in [0.05, 0.1) is 18.3 Å². The molecule has 1 fully saturated rings. The maximum atomic E-state index is 9.75. The molecule has 1 atom stereocenters. The van der Waals surface area contributed by atoms with E-state index in [4.69, 9.17) is 0 Å². The van der Waals surface area contributed by atoms with Gasteiger partial charge in [-0.1, -0.05) is 20.8 Å². The standard InChI is InChI=1S/C16H26N4/c1-4-9-18-16(11-17,13-7-8-13)12-20-15(6-3)10-14(5-2)19-20/h10,13,18H,4-9,12H2,1-3H3. The molecular formula is C16H26N4. The van der Waals surface area contributed by atoms with Crippen LogP contribution < -0.4 is 5.32 Å². The molecule has 1 aromatic heterocycles. The Bertz CT molecular complexity index is 481. The molecule has 4 nitrogen and oxygen atoms in total. The Morgan fingerprint density at radius 2 is 2.15 bits per heavy atom. The molecule has 0 aromatic carbocycles. The number of nitrogens with zero attached hydrogens (tertiary/aromatic N) is 3. The van der Waals surface area contributed by atoms with Gasteiger partial charge >= 0.3 is 0 Å². The molecule has 1 aromatic rings. The molecule has 1 saturated carbocycles. The van der Waals surface area contributed by atoms with Crippen LogP contribution in [0.1, 0.15) is 51.4 Å². The van der Waals surface area contributed by atoms with E-state index in [0.717, 1.165) is 44.3 Å². The van der Waals surface area contributed by atoms with Crippen LogP contribution in [0.25, 0.3) is 0 Å². The van der Waals surface area contributed by atoms with Crippen molar-refractivity contribution in [1.29, 1.82) is 5.26 Å². The van der Waals surface area contributed by atoms with Crippen LogP contribution in [0.5, 0.6) is 0 Å². The second kappa shape index (κ2) is 6.41. The minimum absolute atomic E-state index is 0.434. The maximum absolute atomic E-state index is 9.75. The van der Waals surface area contributed by atoms with Crippen LogP contribution in [-0.2, 0) is 19.4 Å². The average Bonchev–Trinajstić information content (AvgIpc) is 3.25. The highest BCUT2D eigenvalue weighted by Gasteiger charge is 2.46. The van der Waals surface area contributed by atoms with Crippen LogP contribution in [0, 0.1) is 17.2 Å². The lowest BCUT2D eigenvalue weighted by atomic mass is 9.94. The summed E-state index contributed by atoms with van der Waals surface area (Å²) in [5.41, 5.74) is 1.93. The van der Waals surface area contributed by atoms with Crippen LogP contribution in [0.2, 0.25) is 0 Å². The summed E-state index contributed by atoms with van der Waals surface area (Å²) in [6, 6.07) is 4.74. The first-order valence-electron chi connectivity index (χ1n) is 7.91. The first kappa shape index (κ1) is 15.1. The van der Waals surface area contributed by atoms with Gasteiger partial charge in [0, 0.05) is 5.69 Å². The predicted octanol–water partition coefficient (Wildman–Crippen LogP) is 2.68. The van der Waals surface area contributed by atoms with Gasteiger partial charge in [0.2, 0.25) is 0 Å². The Morgan fingerprint density at radius 1 is 1.40 bits per heavy atom. The molecule has 0 saturated heterocycles. The van der Waals surface area contributed by atoms with Gasteiger partial charge in [-0.3, -0.25) is 10.00 Å². The van der Waals surface area contributed by atoms with E-state index >= 15 is 0 Å². The number of aromatic nitrogens is 2. The number of aryl methyl sites for hydroxylation is 2. The number of hydrogen-bond acceptors (Lipinski definition) is 3. The van der Waals surface area contributed by atoms with E-state index in [0.29, 0.717) is 12.5 Å². The summed E-state index contributed by atoms with van der Waals surface area (Å²) < 4.78 is 2.06. The highest BCUT2D eigenvalue weighted by Crippen LogP contribution is 2.40. The van der Waals surface area contributed by atoms with Crippen molar-refractivity contribution in [2.75, 3.05) is 6.54 Å². The zero-order valence-electron chi connectivity index (χ0n) is 12.9. The summed E-state index contributed by atoms with van der Waals surface area (Å²) in [5.74, 6) is 0.484. The Kier molecular flexibility index (Phi) is 4.82. The van der Waals surface area contributed by atoms with E-state index < -0.39 is 5.54 Å². The van der Waals surface area contributed by atoms with Crippen molar-refractivity contribution in [2.45, 2.75) is 65.0 Å². The molecule has 20 heavy (non-hydrogen) atoms. The molecule has 1 unspecified atom stereocenters. The van der Waals surface area contributed by atoms with Crippen molar-refractivity contribution in [3.05, 3.63) is 17.5 Å². The zero-order valence-corrected chi connectivity index (χ0v) is 12.9. The second-order valence-corrected chi connectivity index (χ2v) is 5.78. The van der Waals surface area contributed by atoms with Crippen molar-refractivity contribution >= 4 is 0 Å². The monoisotopic (exact) mass is 274 g/mol. The zero-order chi connectivity index (χ0) is 14.6. The lowest BCUT2D eigenvalue weighted by molar-refractivity contribution is 0.301. The van der Waals surface area contributed by atoms with Crippen molar-refractivity contribution in [3.8, 4) is 6.07 Å². The van der Waals surface area contributed by atoms with Crippen LogP contribution in [0.3, 0.4) is 0 Å². The van der Waals surface area contributed by atoms with Gasteiger partial charge in [0.1, 0.15) is 5.54 Å². The Balaban J connectivity index is 2.23. The highest BCUT2D eigenvalue weighted by atomic mass is 15.3. The van der Waals surface area contributed by atoms with E-state index in [1.54, 1.807) is 0 Å². The van der Waals surface area contributed by atoms with E-state index in [2.05, 4.69) is 48.0 Å². The van der Waals surface area contributed by atoms with Crippen molar-refractivity contribution < 1.29 is 0 Å². The molecule has 110 valence electrons. The molecule has 0 bridgehead atoms. The lowest BCUT2D eigenvalue weighted by Gasteiger charge is -2.28. The molecule has 0 aliphatic heterocycles. The minimum atomic E-state index is -0.434. The largest absolute Gasteiger partial charge is 0.298 e. The minimum Gasteiger partial charge on any atom is -0.298 e. The molecule has 1 heterocycles. The lowest BCUT2D eigenvalue weighted by Crippen LogP contribution is -2.50. The van der Waals surface area contributed by atoms with Crippen LogP contribution in [0.15, 0.2) is 6.07 Å². The first-order chi connectivity index (χ1) is 9.69. The summed E-state index contributed by atoms with van der Waals surface area (Å²) in [6.45, 7) is 7.99. The fourth-order valence-corrected chi connectivity index (χ4v) is 2.77. The van der Waals surface area contributed by atoms with Gasteiger partial charge in [-0.05, 0) is 50.6 Å². The van der Waals surface area contributed by atoms with Crippen molar-refractivity contribution in [2.24, 2.45) is 5.92 Å². The average molecular weight is 274 g/mol.